The van der Waals surface area contributed by atoms with Crippen LogP contribution in [0.2, 0.25) is 0 Å². The fraction of sp³-hybridized carbons (Fsp3) is 0.154. The molecule has 0 radical (unpaired) electrons. The number of benzene rings is 3. The molecule has 0 fully saturated rings. The molecule has 178 valence electrons. The first-order valence-electron chi connectivity index (χ1n) is 10.8. The fourth-order valence-electron chi connectivity index (χ4n) is 3.81. The number of hydrogen-bond donors (Lipinski definition) is 2. The summed E-state index contributed by atoms with van der Waals surface area (Å²) < 4.78 is 7.49. The first-order valence-corrected chi connectivity index (χ1v) is 10.8. The molecule has 0 atom stereocenters. The second-order valence-electron chi connectivity index (χ2n) is 8.00. The van der Waals surface area contributed by atoms with Gasteiger partial charge in [0.2, 0.25) is 0 Å². The molecule has 4 rings (SSSR count). The molecule has 1 heterocycles. The molecule has 4 aromatic rings. The average Bonchev–Trinajstić information content (AvgIpc) is 2.88. The van der Waals surface area contributed by atoms with E-state index in [0.29, 0.717) is 16.8 Å². The zero-order valence-electron chi connectivity index (χ0n) is 19.1. The Balaban J connectivity index is 1.65. The topological polar surface area (TPSA) is 120 Å². The van der Waals surface area contributed by atoms with Gasteiger partial charge in [-0.3, -0.25) is 18.7 Å². The van der Waals surface area contributed by atoms with E-state index in [4.69, 9.17) is 4.74 Å². The summed E-state index contributed by atoms with van der Waals surface area (Å²) in [5, 5.41) is 12.2. The molecule has 0 unspecified atom stereocenters. The van der Waals surface area contributed by atoms with Gasteiger partial charge < -0.3 is 15.2 Å². The van der Waals surface area contributed by atoms with Gasteiger partial charge in [0.25, 0.3) is 11.5 Å². The van der Waals surface area contributed by atoms with Crippen molar-refractivity contribution in [1.82, 2.24) is 14.5 Å². The number of carbonyl (C=O) groups is 2. The SMILES string of the molecule is COc1ccc(CNC(=O)c2ccc3c(c2)c(=O)n(Cc2cccc(C(=O)O)c2)c(=O)n3C)cc1. The smallest absolute Gasteiger partial charge is 0.335 e. The molecule has 0 saturated heterocycles. The third-order valence-electron chi connectivity index (χ3n) is 5.74. The molecule has 1 aromatic heterocycles. The normalized spacial score (nSPS) is 10.8. The van der Waals surface area contributed by atoms with Crippen LogP contribution in [-0.4, -0.2) is 33.2 Å². The van der Waals surface area contributed by atoms with E-state index >= 15 is 0 Å². The monoisotopic (exact) mass is 473 g/mol. The molecule has 0 aliphatic heterocycles. The highest BCUT2D eigenvalue weighted by molar-refractivity contribution is 5.97. The van der Waals surface area contributed by atoms with Gasteiger partial charge in [-0.25, -0.2) is 9.59 Å². The lowest BCUT2D eigenvalue weighted by Gasteiger charge is -2.12. The molecule has 0 saturated carbocycles. The Kier molecular flexibility index (Phi) is 6.50. The standard InChI is InChI=1S/C26H23N3O6/c1-28-22-11-8-18(23(30)27-14-16-6-9-20(35-2)10-7-16)13-21(22)24(31)29(26(28)34)15-17-4-3-5-19(12-17)25(32)33/h3-13H,14-15H2,1-2H3,(H,27,30)(H,32,33). The molecule has 35 heavy (non-hydrogen) atoms. The highest BCUT2D eigenvalue weighted by atomic mass is 16.5. The van der Waals surface area contributed by atoms with E-state index in [0.717, 1.165) is 10.1 Å². The predicted octanol–water partition coefficient (Wildman–Crippen LogP) is 2.39. The maximum Gasteiger partial charge on any atom is 0.335 e. The van der Waals surface area contributed by atoms with Crippen molar-refractivity contribution >= 4 is 22.8 Å². The van der Waals surface area contributed by atoms with Crippen LogP contribution < -0.4 is 21.3 Å². The van der Waals surface area contributed by atoms with Crippen LogP contribution in [0.4, 0.5) is 0 Å². The van der Waals surface area contributed by atoms with Crippen LogP contribution in [0.3, 0.4) is 0 Å². The van der Waals surface area contributed by atoms with Crippen molar-refractivity contribution in [3.63, 3.8) is 0 Å². The van der Waals surface area contributed by atoms with E-state index in [1.807, 2.05) is 12.1 Å². The van der Waals surface area contributed by atoms with Gasteiger partial charge in [0.1, 0.15) is 5.75 Å². The molecule has 2 N–H and O–H groups in total. The molecule has 9 heteroatoms. The first kappa shape index (κ1) is 23.5. The Morgan fingerprint density at radius 2 is 1.69 bits per heavy atom. The fourth-order valence-corrected chi connectivity index (χ4v) is 3.81. The maximum atomic E-state index is 13.2. The Labute approximate surface area is 199 Å². The second-order valence-corrected chi connectivity index (χ2v) is 8.00. The Morgan fingerprint density at radius 3 is 2.37 bits per heavy atom. The van der Waals surface area contributed by atoms with E-state index in [-0.39, 0.29) is 35.5 Å². The average molecular weight is 473 g/mol. The zero-order valence-corrected chi connectivity index (χ0v) is 19.1. The molecular formula is C26H23N3O6. The van der Waals surface area contributed by atoms with E-state index in [1.54, 1.807) is 43.5 Å². The minimum Gasteiger partial charge on any atom is -0.497 e. The Morgan fingerprint density at radius 1 is 0.943 bits per heavy atom. The third-order valence-corrected chi connectivity index (χ3v) is 5.74. The van der Waals surface area contributed by atoms with E-state index in [2.05, 4.69) is 5.32 Å². The molecule has 3 aromatic carbocycles. The van der Waals surface area contributed by atoms with Crippen LogP contribution in [0.1, 0.15) is 31.8 Å². The third kappa shape index (κ3) is 4.84. The molecule has 9 nitrogen and oxygen atoms in total. The highest BCUT2D eigenvalue weighted by Gasteiger charge is 2.15. The molecule has 0 spiro atoms. The van der Waals surface area contributed by atoms with Gasteiger partial charge in [0, 0.05) is 19.2 Å². The van der Waals surface area contributed by atoms with Crippen LogP contribution in [0, 0.1) is 0 Å². The first-order chi connectivity index (χ1) is 16.8. The Bertz CT molecular complexity index is 1550. The van der Waals surface area contributed by atoms with Crippen molar-refractivity contribution < 1.29 is 19.4 Å². The van der Waals surface area contributed by atoms with Gasteiger partial charge in [-0.15, -0.1) is 0 Å². The van der Waals surface area contributed by atoms with Crippen molar-refractivity contribution in [2.45, 2.75) is 13.1 Å². The largest absolute Gasteiger partial charge is 0.497 e. The zero-order chi connectivity index (χ0) is 25.1. The van der Waals surface area contributed by atoms with Crippen LogP contribution >= 0.6 is 0 Å². The number of aromatic nitrogens is 2. The maximum absolute atomic E-state index is 13.2. The number of aromatic carboxylic acids is 1. The summed E-state index contributed by atoms with van der Waals surface area (Å²) in [7, 11) is 3.12. The van der Waals surface area contributed by atoms with E-state index < -0.39 is 17.2 Å². The number of amides is 1. The highest BCUT2D eigenvalue weighted by Crippen LogP contribution is 2.14. The van der Waals surface area contributed by atoms with Gasteiger partial charge in [-0.1, -0.05) is 24.3 Å². The number of nitrogens with zero attached hydrogens (tertiary/aromatic N) is 2. The summed E-state index contributed by atoms with van der Waals surface area (Å²) in [6, 6.07) is 17.9. The summed E-state index contributed by atoms with van der Waals surface area (Å²) in [5.41, 5.74) is 1.01. The van der Waals surface area contributed by atoms with Crippen LogP contribution in [0.5, 0.6) is 5.75 Å². The lowest BCUT2D eigenvalue weighted by molar-refractivity contribution is 0.0696. The van der Waals surface area contributed by atoms with E-state index in [1.165, 1.54) is 29.8 Å². The van der Waals surface area contributed by atoms with Gasteiger partial charge in [-0.05, 0) is 53.6 Å². The van der Waals surface area contributed by atoms with Gasteiger partial charge in [0.15, 0.2) is 0 Å². The quantitative estimate of drug-likeness (QED) is 0.425. The summed E-state index contributed by atoms with van der Waals surface area (Å²) >= 11 is 0. The number of ether oxygens (including phenoxy) is 1. The van der Waals surface area contributed by atoms with Gasteiger partial charge in [-0.2, -0.15) is 0 Å². The van der Waals surface area contributed by atoms with Crippen molar-refractivity contribution in [3.8, 4) is 5.75 Å². The number of nitrogens with one attached hydrogen (secondary N) is 1. The minimum absolute atomic E-state index is 0.0592. The lowest BCUT2D eigenvalue weighted by Crippen LogP contribution is -2.39. The summed E-state index contributed by atoms with van der Waals surface area (Å²) in [6.45, 7) is 0.189. The summed E-state index contributed by atoms with van der Waals surface area (Å²) in [5.74, 6) is -0.751. The molecule has 0 aliphatic rings. The van der Waals surface area contributed by atoms with Crippen molar-refractivity contribution in [3.05, 3.63) is 110 Å². The number of aryl methyl sites for hydroxylation is 1. The molecule has 0 aliphatic carbocycles. The lowest BCUT2D eigenvalue weighted by atomic mass is 10.1. The number of rotatable bonds is 7. The van der Waals surface area contributed by atoms with E-state index in [9.17, 15) is 24.3 Å². The predicted molar refractivity (Wildman–Crippen MR) is 130 cm³/mol. The number of carbonyl (C=O) groups excluding carboxylic acids is 1. The van der Waals surface area contributed by atoms with Gasteiger partial charge >= 0.3 is 11.7 Å². The van der Waals surface area contributed by atoms with Crippen molar-refractivity contribution in [2.24, 2.45) is 7.05 Å². The molecule has 0 bridgehead atoms. The molecular weight excluding hydrogens is 450 g/mol. The van der Waals surface area contributed by atoms with Crippen LogP contribution in [0.15, 0.2) is 76.3 Å². The number of methoxy groups -OCH3 is 1. The Hall–Kier alpha value is -4.66. The van der Waals surface area contributed by atoms with Gasteiger partial charge in [0.05, 0.1) is 30.1 Å². The van der Waals surface area contributed by atoms with Crippen molar-refractivity contribution in [1.29, 1.82) is 0 Å². The van der Waals surface area contributed by atoms with Crippen molar-refractivity contribution in [2.75, 3.05) is 7.11 Å². The van der Waals surface area contributed by atoms with Crippen LogP contribution in [-0.2, 0) is 20.1 Å². The number of fused-ring (bicyclic) bond motifs is 1. The summed E-state index contributed by atoms with van der Waals surface area (Å²) in [4.78, 5) is 50.1. The number of hydrogen-bond acceptors (Lipinski definition) is 5. The summed E-state index contributed by atoms with van der Waals surface area (Å²) in [6.07, 6.45) is 0. The van der Waals surface area contributed by atoms with Crippen LogP contribution in [0.25, 0.3) is 10.9 Å². The number of carboxylic acid groups (broad SMARTS) is 1. The minimum atomic E-state index is -1.10. The second kappa shape index (κ2) is 9.68. The molecule has 1 amide bonds. The number of carboxylic acids is 1.